The first-order chi connectivity index (χ1) is 18.6. The van der Waals surface area contributed by atoms with E-state index in [1.54, 1.807) is 29.0 Å². The maximum atomic E-state index is 13.0. The van der Waals surface area contributed by atoms with Crippen LogP contribution in [0.2, 0.25) is 0 Å². The zero-order valence-corrected chi connectivity index (χ0v) is 20.9. The molecule has 0 fully saturated rings. The summed E-state index contributed by atoms with van der Waals surface area (Å²) in [6.45, 7) is -1.84. The summed E-state index contributed by atoms with van der Waals surface area (Å²) >= 11 is 0. The van der Waals surface area contributed by atoms with Gasteiger partial charge in [-0.3, -0.25) is 4.72 Å². The van der Waals surface area contributed by atoms with Gasteiger partial charge < -0.3 is 9.72 Å². The van der Waals surface area contributed by atoms with Crippen molar-refractivity contribution in [2.45, 2.75) is 30.4 Å². The first kappa shape index (κ1) is 29.1. The number of fused-ring (bicyclic) bond motifs is 1. The Hall–Kier alpha value is -3.88. The summed E-state index contributed by atoms with van der Waals surface area (Å²) in [5.74, 6) is -4.59. The van der Waals surface area contributed by atoms with Gasteiger partial charge in [0, 0.05) is 12.0 Å². The predicted molar refractivity (Wildman–Crippen MR) is 130 cm³/mol. The molecular formula is C25H19F8N3O3S. The molecule has 0 saturated heterocycles. The molecule has 4 rings (SSSR count). The number of halogens is 8. The van der Waals surface area contributed by atoms with E-state index in [1.165, 1.54) is 42.5 Å². The standard InChI is InChI=1S/C25H19F8N3O3S/c26-23(27,24(28,29)30)14-39-17-9-5-15(6-10-17)7-12-22-34-20-11-8-16(13-21(20)35-22)18-3-1-2-4-19(18)36-40(37,38)25(31,32)33/h1-6,8-11,13,36H,7,12,14H2,(H,34,35). The van der Waals surface area contributed by atoms with Crippen LogP contribution in [0.15, 0.2) is 66.7 Å². The van der Waals surface area contributed by atoms with Crippen molar-refractivity contribution in [3.05, 3.63) is 78.1 Å². The molecule has 0 bridgehead atoms. The van der Waals surface area contributed by atoms with Gasteiger partial charge >= 0.3 is 27.6 Å². The molecule has 0 unspecified atom stereocenters. The van der Waals surface area contributed by atoms with Crippen LogP contribution in [0.1, 0.15) is 11.4 Å². The maximum absolute atomic E-state index is 13.0. The molecule has 40 heavy (non-hydrogen) atoms. The highest BCUT2D eigenvalue weighted by Crippen LogP contribution is 2.36. The number of imidazole rings is 1. The second-order valence-corrected chi connectivity index (χ2v) is 10.3. The Labute approximate surface area is 222 Å². The summed E-state index contributed by atoms with van der Waals surface area (Å²) in [6, 6.07) is 16.0. The van der Waals surface area contributed by atoms with Crippen LogP contribution in [-0.2, 0) is 22.9 Å². The number of anilines is 1. The van der Waals surface area contributed by atoms with Gasteiger partial charge in [-0.15, -0.1) is 0 Å². The quantitative estimate of drug-likeness (QED) is 0.208. The van der Waals surface area contributed by atoms with Crippen LogP contribution in [0.4, 0.5) is 40.8 Å². The highest BCUT2D eigenvalue weighted by atomic mass is 32.2. The summed E-state index contributed by atoms with van der Waals surface area (Å²) in [6.07, 6.45) is -4.90. The lowest BCUT2D eigenvalue weighted by Crippen LogP contribution is -2.41. The van der Waals surface area contributed by atoms with Crippen molar-refractivity contribution >= 4 is 26.7 Å². The third kappa shape index (κ3) is 6.46. The summed E-state index contributed by atoms with van der Waals surface area (Å²) in [5, 5.41) is 0. The largest absolute Gasteiger partial charge is 0.516 e. The number of alkyl halides is 8. The molecule has 6 nitrogen and oxygen atoms in total. The molecule has 0 spiro atoms. The number of aryl methyl sites for hydroxylation is 2. The molecule has 2 N–H and O–H groups in total. The summed E-state index contributed by atoms with van der Waals surface area (Å²) in [5.41, 5.74) is -3.30. The lowest BCUT2D eigenvalue weighted by atomic mass is 10.0. The van der Waals surface area contributed by atoms with Crippen molar-refractivity contribution in [2.24, 2.45) is 0 Å². The number of aromatic amines is 1. The third-order valence-electron chi connectivity index (χ3n) is 5.73. The average Bonchev–Trinajstić information content (AvgIpc) is 3.28. The van der Waals surface area contributed by atoms with Crippen LogP contribution in [0.3, 0.4) is 0 Å². The lowest BCUT2D eigenvalue weighted by Gasteiger charge is -2.19. The van der Waals surface area contributed by atoms with Gasteiger partial charge in [0.15, 0.2) is 6.61 Å². The molecule has 3 aromatic carbocycles. The van der Waals surface area contributed by atoms with Gasteiger partial charge in [-0.05, 0) is 47.9 Å². The minimum atomic E-state index is -5.71. The normalized spacial score (nSPS) is 13.0. The number of benzene rings is 3. The minimum Gasteiger partial charge on any atom is -0.487 e. The zero-order valence-electron chi connectivity index (χ0n) is 20.1. The van der Waals surface area contributed by atoms with Crippen molar-refractivity contribution in [1.29, 1.82) is 0 Å². The van der Waals surface area contributed by atoms with Crippen LogP contribution in [0.25, 0.3) is 22.2 Å². The van der Waals surface area contributed by atoms with Gasteiger partial charge in [0.25, 0.3) is 0 Å². The number of hydrogen-bond donors (Lipinski definition) is 2. The van der Waals surface area contributed by atoms with Crippen LogP contribution >= 0.6 is 0 Å². The Morgan fingerprint density at radius 1 is 0.850 bits per heavy atom. The van der Waals surface area contributed by atoms with Crippen LogP contribution < -0.4 is 9.46 Å². The molecule has 4 aromatic rings. The molecule has 0 saturated carbocycles. The van der Waals surface area contributed by atoms with E-state index >= 15 is 0 Å². The topological polar surface area (TPSA) is 84.1 Å². The molecule has 0 atom stereocenters. The van der Waals surface area contributed by atoms with Crippen molar-refractivity contribution in [3.63, 3.8) is 0 Å². The van der Waals surface area contributed by atoms with Crippen LogP contribution in [-0.4, -0.2) is 42.6 Å². The fourth-order valence-corrected chi connectivity index (χ4v) is 4.23. The smallest absolute Gasteiger partial charge is 0.487 e. The number of rotatable bonds is 9. The Kier molecular flexibility index (Phi) is 7.71. The number of hydrogen-bond acceptors (Lipinski definition) is 4. The average molecular weight is 593 g/mol. The van der Waals surface area contributed by atoms with Gasteiger partial charge in [-0.2, -0.15) is 43.5 Å². The number of aromatic nitrogens is 2. The molecule has 0 aliphatic heterocycles. The number of ether oxygens (including phenoxy) is 1. The molecule has 1 aromatic heterocycles. The predicted octanol–water partition coefficient (Wildman–Crippen LogP) is 6.85. The van der Waals surface area contributed by atoms with E-state index in [4.69, 9.17) is 0 Å². The van der Waals surface area contributed by atoms with Crippen LogP contribution in [0.5, 0.6) is 5.75 Å². The van der Waals surface area contributed by atoms with E-state index in [0.717, 1.165) is 5.56 Å². The van der Waals surface area contributed by atoms with Crippen molar-refractivity contribution in [1.82, 2.24) is 9.97 Å². The Balaban J connectivity index is 1.44. The molecule has 0 amide bonds. The Bertz CT molecular complexity index is 1600. The molecule has 15 heteroatoms. The van der Waals surface area contributed by atoms with Crippen molar-refractivity contribution in [3.8, 4) is 16.9 Å². The molecular weight excluding hydrogens is 574 g/mol. The van der Waals surface area contributed by atoms with Crippen molar-refractivity contribution < 1.29 is 48.3 Å². The second-order valence-electron chi connectivity index (χ2n) is 8.65. The molecule has 1 heterocycles. The molecule has 0 aliphatic carbocycles. The van der Waals surface area contributed by atoms with Gasteiger partial charge in [0.1, 0.15) is 11.6 Å². The first-order valence-corrected chi connectivity index (χ1v) is 12.9. The molecule has 0 radical (unpaired) electrons. The maximum Gasteiger partial charge on any atom is 0.516 e. The van der Waals surface area contributed by atoms with E-state index < -0.39 is 34.2 Å². The zero-order chi connectivity index (χ0) is 29.3. The number of para-hydroxylation sites is 1. The lowest BCUT2D eigenvalue weighted by molar-refractivity contribution is -0.290. The molecule has 0 aliphatic rings. The van der Waals surface area contributed by atoms with Gasteiger partial charge in [0.2, 0.25) is 0 Å². The Morgan fingerprint density at radius 3 is 2.17 bits per heavy atom. The monoisotopic (exact) mass is 593 g/mol. The van der Waals surface area contributed by atoms with E-state index in [2.05, 4.69) is 14.7 Å². The van der Waals surface area contributed by atoms with Gasteiger partial charge in [0.05, 0.1) is 16.7 Å². The fourth-order valence-electron chi connectivity index (χ4n) is 3.65. The fraction of sp³-hybridized carbons (Fsp3) is 0.240. The third-order valence-corrected chi connectivity index (χ3v) is 6.82. The van der Waals surface area contributed by atoms with Crippen molar-refractivity contribution in [2.75, 3.05) is 11.3 Å². The van der Waals surface area contributed by atoms with E-state index in [9.17, 15) is 43.5 Å². The summed E-state index contributed by atoms with van der Waals surface area (Å²) in [7, 11) is -5.63. The van der Waals surface area contributed by atoms with E-state index in [-0.39, 0.29) is 17.0 Å². The first-order valence-electron chi connectivity index (χ1n) is 11.4. The second kappa shape index (κ2) is 10.6. The number of nitrogens with zero attached hydrogens (tertiary/aromatic N) is 1. The summed E-state index contributed by atoms with van der Waals surface area (Å²) in [4.78, 5) is 7.53. The van der Waals surface area contributed by atoms with E-state index in [0.29, 0.717) is 35.3 Å². The number of sulfonamides is 1. The van der Waals surface area contributed by atoms with E-state index in [1.807, 2.05) is 0 Å². The number of H-pyrrole nitrogens is 1. The van der Waals surface area contributed by atoms with Crippen LogP contribution in [0, 0.1) is 0 Å². The SMILES string of the molecule is O=S(=O)(Nc1ccccc1-c1ccc2nc(CCc3ccc(OCC(F)(F)C(F)(F)F)cc3)[nH]c2c1)C(F)(F)F. The van der Waals surface area contributed by atoms with Gasteiger partial charge in [-0.25, -0.2) is 4.98 Å². The Morgan fingerprint density at radius 2 is 1.52 bits per heavy atom. The number of nitrogens with one attached hydrogen (secondary N) is 2. The summed E-state index contributed by atoms with van der Waals surface area (Å²) < 4.78 is 131. The molecule has 214 valence electrons. The highest BCUT2D eigenvalue weighted by molar-refractivity contribution is 7.93. The highest BCUT2D eigenvalue weighted by Gasteiger charge is 2.58. The minimum absolute atomic E-state index is 0.151. The van der Waals surface area contributed by atoms with Gasteiger partial charge in [-0.1, -0.05) is 36.4 Å².